The highest BCUT2D eigenvalue weighted by Crippen LogP contribution is 2.37. The molecule has 0 aromatic heterocycles. The third-order valence-electron chi connectivity index (χ3n) is 5.98. The molecule has 0 fully saturated rings. The Kier molecular flexibility index (Phi) is 5.13. The number of nitrogens with zero attached hydrogens (tertiary/aromatic N) is 1. The second-order valence-corrected chi connectivity index (χ2v) is 7.74. The summed E-state index contributed by atoms with van der Waals surface area (Å²) in [4.78, 5) is 0. The molecule has 1 aliphatic rings. The van der Waals surface area contributed by atoms with Crippen LogP contribution in [0.15, 0.2) is 42.5 Å². The number of fused-ring (bicyclic) bond motifs is 2. The number of halogens is 2. The Hall–Kier alpha value is -2.73. The van der Waals surface area contributed by atoms with Crippen LogP contribution >= 0.6 is 0 Å². The summed E-state index contributed by atoms with van der Waals surface area (Å²) >= 11 is 0. The first-order valence-electron chi connectivity index (χ1n) is 10.0. The van der Waals surface area contributed by atoms with Gasteiger partial charge in [-0.15, -0.1) is 0 Å². The molecule has 0 radical (unpaired) electrons. The van der Waals surface area contributed by atoms with E-state index in [0.717, 1.165) is 30.2 Å². The highest BCUT2D eigenvalue weighted by atomic mass is 19.1. The lowest BCUT2D eigenvalue weighted by atomic mass is 9.79. The summed E-state index contributed by atoms with van der Waals surface area (Å²) < 4.78 is 29.7. The summed E-state index contributed by atoms with van der Waals surface area (Å²) in [6.07, 6.45) is 5.13. The molecular formula is C25H23F2N. The molecule has 3 aromatic rings. The summed E-state index contributed by atoms with van der Waals surface area (Å²) in [5, 5.41) is 10.6. The molecule has 0 N–H and O–H groups in total. The molecule has 3 aromatic carbocycles. The van der Waals surface area contributed by atoms with Crippen LogP contribution in [0.25, 0.3) is 10.8 Å². The molecule has 0 heterocycles. The number of hydrogen-bond acceptors (Lipinski definition) is 1. The number of benzene rings is 3. The quantitative estimate of drug-likeness (QED) is 0.504. The van der Waals surface area contributed by atoms with Gasteiger partial charge in [-0.2, -0.15) is 5.26 Å². The molecule has 0 aliphatic heterocycles. The number of hydrogen-bond donors (Lipinski definition) is 0. The summed E-state index contributed by atoms with van der Waals surface area (Å²) in [6.45, 7) is 2.17. The predicted molar refractivity (Wildman–Crippen MR) is 108 cm³/mol. The van der Waals surface area contributed by atoms with Crippen molar-refractivity contribution >= 4 is 10.8 Å². The average molecular weight is 375 g/mol. The molecule has 0 saturated heterocycles. The summed E-state index contributed by atoms with van der Waals surface area (Å²) in [5.74, 6) is -0.525. The van der Waals surface area contributed by atoms with Crippen molar-refractivity contribution in [2.45, 2.75) is 51.4 Å². The zero-order valence-electron chi connectivity index (χ0n) is 16.1. The van der Waals surface area contributed by atoms with Gasteiger partial charge in [0.25, 0.3) is 0 Å². The predicted octanol–water partition coefficient (Wildman–Crippen LogP) is 6.60. The van der Waals surface area contributed by atoms with E-state index >= 15 is 4.39 Å². The molecule has 1 aliphatic carbocycles. The normalized spacial score (nSPS) is 16.0. The van der Waals surface area contributed by atoms with Crippen molar-refractivity contribution in [2.75, 3.05) is 0 Å². The van der Waals surface area contributed by atoms with Crippen LogP contribution in [0.5, 0.6) is 0 Å². The van der Waals surface area contributed by atoms with Gasteiger partial charge in [-0.25, -0.2) is 8.78 Å². The third-order valence-corrected chi connectivity index (χ3v) is 5.98. The van der Waals surface area contributed by atoms with E-state index in [2.05, 4.69) is 13.0 Å². The van der Waals surface area contributed by atoms with Crippen LogP contribution in [0.4, 0.5) is 8.78 Å². The Labute approximate surface area is 164 Å². The van der Waals surface area contributed by atoms with E-state index in [9.17, 15) is 4.39 Å². The van der Waals surface area contributed by atoms with Gasteiger partial charge in [0.05, 0.1) is 5.56 Å². The molecule has 1 unspecified atom stereocenters. The Morgan fingerprint density at radius 1 is 1.07 bits per heavy atom. The Balaban J connectivity index is 1.65. The first kappa shape index (κ1) is 18.6. The van der Waals surface area contributed by atoms with Gasteiger partial charge in [-0.1, -0.05) is 49.7 Å². The van der Waals surface area contributed by atoms with Crippen molar-refractivity contribution < 1.29 is 8.78 Å². The number of rotatable bonds is 4. The van der Waals surface area contributed by atoms with Crippen LogP contribution in [-0.4, -0.2) is 0 Å². The molecule has 0 saturated carbocycles. The van der Waals surface area contributed by atoms with E-state index in [1.54, 1.807) is 0 Å². The molecule has 1 nitrogen and oxygen atoms in total. The van der Waals surface area contributed by atoms with Crippen LogP contribution in [-0.2, 0) is 19.3 Å². The maximum absolute atomic E-state index is 15.3. The van der Waals surface area contributed by atoms with Gasteiger partial charge in [0.1, 0.15) is 17.7 Å². The van der Waals surface area contributed by atoms with Crippen molar-refractivity contribution in [2.24, 2.45) is 0 Å². The number of nitriles is 1. The molecular weight excluding hydrogens is 352 g/mol. The van der Waals surface area contributed by atoms with Crippen molar-refractivity contribution in [3.05, 3.63) is 81.9 Å². The highest BCUT2D eigenvalue weighted by Gasteiger charge is 2.26. The minimum atomic E-state index is -0.406. The Morgan fingerprint density at radius 3 is 2.71 bits per heavy atom. The zero-order valence-corrected chi connectivity index (χ0v) is 16.1. The lowest BCUT2D eigenvalue weighted by Gasteiger charge is -2.26. The lowest BCUT2D eigenvalue weighted by Crippen LogP contribution is -2.16. The largest absolute Gasteiger partial charge is 0.206 e. The summed E-state index contributed by atoms with van der Waals surface area (Å²) in [7, 11) is 0. The second kappa shape index (κ2) is 7.72. The third kappa shape index (κ3) is 3.29. The summed E-state index contributed by atoms with van der Waals surface area (Å²) in [6, 6.07) is 15.2. The van der Waals surface area contributed by atoms with E-state index in [-0.39, 0.29) is 17.3 Å². The van der Waals surface area contributed by atoms with E-state index in [4.69, 9.17) is 5.26 Å². The molecule has 28 heavy (non-hydrogen) atoms. The van der Waals surface area contributed by atoms with Crippen molar-refractivity contribution in [1.82, 2.24) is 0 Å². The van der Waals surface area contributed by atoms with E-state index < -0.39 is 5.82 Å². The monoisotopic (exact) mass is 375 g/mol. The molecule has 0 spiro atoms. The van der Waals surface area contributed by atoms with Crippen LogP contribution in [0.1, 0.15) is 59.9 Å². The van der Waals surface area contributed by atoms with Crippen LogP contribution < -0.4 is 0 Å². The van der Waals surface area contributed by atoms with Crippen LogP contribution in [0.3, 0.4) is 0 Å². The van der Waals surface area contributed by atoms with Gasteiger partial charge in [0.15, 0.2) is 0 Å². The first-order valence-corrected chi connectivity index (χ1v) is 10.0. The number of aryl methyl sites for hydroxylation is 1. The van der Waals surface area contributed by atoms with Gasteiger partial charge in [0.2, 0.25) is 0 Å². The average Bonchev–Trinajstić information content (AvgIpc) is 2.72. The van der Waals surface area contributed by atoms with Gasteiger partial charge < -0.3 is 0 Å². The minimum Gasteiger partial charge on any atom is -0.206 e. The molecule has 0 bridgehead atoms. The first-order chi connectivity index (χ1) is 13.6. The van der Waals surface area contributed by atoms with Gasteiger partial charge >= 0.3 is 0 Å². The summed E-state index contributed by atoms with van der Waals surface area (Å²) in [5.41, 5.74) is 3.56. The standard InChI is InChI=1S/C25H23F2N/c1-2-3-4-16-5-10-22-17(13-16)8-12-23(25(22)27)19-9-11-21-18(14-19)6-7-20(15-28)24(21)26/h5-8,10,12-13,19H,2-4,9,11,14H2,1H3. The molecule has 4 rings (SSSR count). The van der Waals surface area contributed by atoms with Crippen molar-refractivity contribution in [3.8, 4) is 6.07 Å². The van der Waals surface area contributed by atoms with Gasteiger partial charge in [-0.3, -0.25) is 0 Å². The van der Waals surface area contributed by atoms with E-state index in [1.165, 1.54) is 11.6 Å². The molecule has 142 valence electrons. The smallest absolute Gasteiger partial charge is 0.144 e. The van der Waals surface area contributed by atoms with Gasteiger partial charge in [-0.05, 0) is 71.7 Å². The molecule has 1 atom stereocenters. The van der Waals surface area contributed by atoms with Crippen LogP contribution in [0, 0.1) is 23.0 Å². The fraction of sp³-hybridized carbons (Fsp3) is 0.320. The van der Waals surface area contributed by atoms with E-state index in [1.807, 2.05) is 36.4 Å². The Bertz CT molecular complexity index is 1080. The van der Waals surface area contributed by atoms with Gasteiger partial charge in [0, 0.05) is 5.39 Å². The van der Waals surface area contributed by atoms with E-state index in [0.29, 0.717) is 35.8 Å². The van der Waals surface area contributed by atoms with Crippen molar-refractivity contribution in [1.29, 1.82) is 5.26 Å². The Morgan fingerprint density at radius 2 is 1.93 bits per heavy atom. The second-order valence-electron chi connectivity index (χ2n) is 7.74. The highest BCUT2D eigenvalue weighted by molar-refractivity contribution is 5.84. The fourth-order valence-corrected chi connectivity index (χ4v) is 4.37. The fourth-order valence-electron chi connectivity index (χ4n) is 4.37. The minimum absolute atomic E-state index is 0.0315. The lowest BCUT2D eigenvalue weighted by molar-refractivity contribution is 0.517. The van der Waals surface area contributed by atoms with Crippen molar-refractivity contribution in [3.63, 3.8) is 0 Å². The SMILES string of the molecule is CCCCc1ccc2c(F)c(C3CCc4c(ccc(C#N)c4F)C3)ccc2c1. The molecule has 0 amide bonds. The van der Waals surface area contributed by atoms with Crippen LogP contribution in [0.2, 0.25) is 0 Å². The maximum Gasteiger partial charge on any atom is 0.144 e. The number of unbranched alkanes of at least 4 members (excludes halogenated alkanes) is 1. The zero-order chi connectivity index (χ0) is 19.7. The molecule has 3 heteroatoms. The maximum atomic E-state index is 15.3. The topological polar surface area (TPSA) is 23.8 Å².